The molecule has 0 radical (unpaired) electrons. The van der Waals surface area contributed by atoms with Gasteiger partial charge in [-0.05, 0) is 19.1 Å². The summed E-state index contributed by atoms with van der Waals surface area (Å²) in [6.45, 7) is 1.83. The zero-order chi connectivity index (χ0) is 14.8. The van der Waals surface area contributed by atoms with E-state index in [9.17, 15) is 4.79 Å². The van der Waals surface area contributed by atoms with Gasteiger partial charge in [0.15, 0.2) is 5.16 Å². The van der Waals surface area contributed by atoms with Crippen LogP contribution in [0.15, 0.2) is 41.7 Å². The fourth-order valence-corrected chi connectivity index (χ4v) is 2.76. The summed E-state index contributed by atoms with van der Waals surface area (Å²) in [5.74, 6) is -0.247. The largest absolute Gasteiger partial charge is 0.481 e. The van der Waals surface area contributed by atoms with E-state index in [4.69, 9.17) is 5.11 Å². The number of aryl methyl sites for hydroxylation is 1. The molecule has 0 saturated heterocycles. The van der Waals surface area contributed by atoms with Crippen LogP contribution < -0.4 is 0 Å². The molecule has 2 heterocycles. The van der Waals surface area contributed by atoms with Crippen LogP contribution in [0.5, 0.6) is 0 Å². The third-order valence-corrected chi connectivity index (χ3v) is 3.87. The molecule has 21 heavy (non-hydrogen) atoms. The van der Waals surface area contributed by atoms with E-state index in [1.54, 1.807) is 6.20 Å². The molecule has 106 valence electrons. The maximum atomic E-state index is 10.7. The van der Waals surface area contributed by atoms with Crippen LogP contribution in [-0.4, -0.2) is 36.6 Å². The molecular formula is C14H12N4O2S. The minimum Gasteiger partial charge on any atom is -0.481 e. The predicted octanol–water partition coefficient (Wildman–Crippen LogP) is 2.30. The lowest BCUT2D eigenvalue weighted by atomic mass is 10.2. The van der Waals surface area contributed by atoms with Gasteiger partial charge in [-0.1, -0.05) is 30.0 Å². The van der Waals surface area contributed by atoms with E-state index in [0.29, 0.717) is 11.0 Å². The lowest BCUT2D eigenvalue weighted by molar-refractivity contribution is -0.133. The molecule has 0 saturated carbocycles. The summed E-state index contributed by atoms with van der Waals surface area (Å²) in [5.41, 5.74) is 1.73. The van der Waals surface area contributed by atoms with Crippen molar-refractivity contribution in [3.8, 4) is 5.69 Å². The molecule has 0 spiro atoms. The minimum atomic E-state index is -0.885. The fourth-order valence-electron chi connectivity index (χ4n) is 2.04. The number of benzene rings is 1. The molecule has 2 aromatic heterocycles. The SMILES string of the molecule is Cc1nnc(SCC(=O)O)n1-c1cnc2ccccc2c1. The monoisotopic (exact) mass is 300 g/mol. The number of thioether (sulfide) groups is 1. The van der Waals surface area contributed by atoms with Gasteiger partial charge in [-0.25, -0.2) is 0 Å². The van der Waals surface area contributed by atoms with Gasteiger partial charge in [0, 0.05) is 5.39 Å². The normalized spacial score (nSPS) is 10.9. The predicted molar refractivity (Wildman–Crippen MR) is 79.8 cm³/mol. The molecule has 0 aliphatic rings. The molecule has 1 N–H and O–H groups in total. The maximum Gasteiger partial charge on any atom is 0.313 e. The molecule has 0 unspecified atom stereocenters. The zero-order valence-corrected chi connectivity index (χ0v) is 12.0. The number of carboxylic acid groups (broad SMARTS) is 1. The highest BCUT2D eigenvalue weighted by Crippen LogP contribution is 2.23. The summed E-state index contributed by atoms with van der Waals surface area (Å²) in [5, 5.41) is 18.4. The summed E-state index contributed by atoms with van der Waals surface area (Å²) >= 11 is 1.14. The van der Waals surface area contributed by atoms with E-state index in [-0.39, 0.29) is 5.75 Å². The first-order valence-corrected chi connectivity index (χ1v) is 7.25. The molecule has 0 atom stereocenters. The number of hydrogen-bond donors (Lipinski definition) is 1. The van der Waals surface area contributed by atoms with E-state index >= 15 is 0 Å². The molecule has 0 fully saturated rings. The average Bonchev–Trinajstić information content (AvgIpc) is 2.85. The first-order chi connectivity index (χ1) is 10.1. The van der Waals surface area contributed by atoms with Crippen LogP contribution in [0.3, 0.4) is 0 Å². The summed E-state index contributed by atoms with van der Waals surface area (Å²) in [7, 11) is 0. The van der Waals surface area contributed by atoms with Gasteiger partial charge in [-0.15, -0.1) is 10.2 Å². The second-order valence-corrected chi connectivity index (χ2v) is 5.38. The van der Waals surface area contributed by atoms with Crippen molar-refractivity contribution in [3.05, 3.63) is 42.4 Å². The van der Waals surface area contributed by atoms with E-state index in [2.05, 4.69) is 15.2 Å². The topological polar surface area (TPSA) is 80.9 Å². The summed E-state index contributed by atoms with van der Waals surface area (Å²) in [6.07, 6.45) is 1.74. The van der Waals surface area contributed by atoms with Gasteiger partial charge in [-0.3, -0.25) is 14.3 Å². The van der Waals surface area contributed by atoms with E-state index < -0.39 is 5.97 Å². The molecule has 0 amide bonds. The molecule has 0 aliphatic heterocycles. The number of aliphatic carboxylic acids is 1. The highest BCUT2D eigenvalue weighted by atomic mass is 32.2. The maximum absolute atomic E-state index is 10.7. The van der Waals surface area contributed by atoms with E-state index in [1.165, 1.54) is 0 Å². The number of carboxylic acids is 1. The number of hydrogen-bond acceptors (Lipinski definition) is 5. The van der Waals surface area contributed by atoms with Gasteiger partial charge in [-0.2, -0.15) is 0 Å². The average molecular weight is 300 g/mol. The van der Waals surface area contributed by atoms with Crippen LogP contribution in [-0.2, 0) is 4.79 Å². The fraction of sp³-hybridized carbons (Fsp3) is 0.143. The van der Waals surface area contributed by atoms with E-state index in [1.807, 2.05) is 41.8 Å². The van der Waals surface area contributed by atoms with Gasteiger partial charge in [0.1, 0.15) is 5.82 Å². The van der Waals surface area contributed by atoms with Crippen molar-refractivity contribution in [2.45, 2.75) is 12.1 Å². The van der Waals surface area contributed by atoms with Crippen LogP contribution in [0.4, 0.5) is 0 Å². The highest BCUT2D eigenvalue weighted by molar-refractivity contribution is 7.99. The van der Waals surface area contributed by atoms with Gasteiger partial charge in [0.25, 0.3) is 0 Å². The lowest BCUT2D eigenvalue weighted by Crippen LogP contribution is -2.03. The Bertz CT molecular complexity index is 816. The standard InChI is InChI=1S/C14H12N4O2S/c1-9-16-17-14(21-8-13(19)20)18(9)11-6-10-4-2-3-5-12(10)15-7-11/h2-7H,8H2,1H3,(H,19,20). The third-order valence-electron chi connectivity index (χ3n) is 2.95. The molecule has 1 aromatic carbocycles. The Balaban J connectivity index is 2.05. The number of pyridine rings is 1. The Morgan fingerprint density at radius 1 is 1.33 bits per heavy atom. The van der Waals surface area contributed by atoms with Crippen molar-refractivity contribution in [2.75, 3.05) is 5.75 Å². The Morgan fingerprint density at radius 2 is 2.14 bits per heavy atom. The Kier molecular flexibility index (Phi) is 3.57. The van der Waals surface area contributed by atoms with Crippen molar-refractivity contribution in [1.29, 1.82) is 0 Å². The number of aromatic nitrogens is 4. The summed E-state index contributed by atoms with van der Waals surface area (Å²) in [4.78, 5) is 15.1. The third kappa shape index (κ3) is 2.73. The number of nitrogens with zero attached hydrogens (tertiary/aromatic N) is 4. The van der Waals surface area contributed by atoms with Gasteiger partial charge in [0.05, 0.1) is 23.2 Å². The number of para-hydroxylation sites is 1. The van der Waals surface area contributed by atoms with Gasteiger partial charge < -0.3 is 5.11 Å². The first kappa shape index (κ1) is 13.6. The number of carbonyl (C=O) groups is 1. The van der Waals surface area contributed by atoms with Crippen molar-refractivity contribution in [3.63, 3.8) is 0 Å². The first-order valence-electron chi connectivity index (χ1n) is 6.27. The van der Waals surface area contributed by atoms with Crippen LogP contribution in [0, 0.1) is 6.92 Å². The summed E-state index contributed by atoms with van der Waals surface area (Å²) < 4.78 is 1.81. The lowest BCUT2D eigenvalue weighted by Gasteiger charge is -2.08. The van der Waals surface area contributed by atoms with Crippen molar-refractivity contribution in [2.24, 2.45) is 0 Å². The smallest absolute Gasteiger partial charge is 0.313 e. The molecule has 3 aromatic rings. The number of fused-ring (bicyclic) bond motifs is 1. The van der Waals surface area contributed by atoms with Crippen LogP contribution in [0.2, 0.25) is 0 Å². The Morgan fingerprint density at radius 3 is 2.95 bits per heavy atom. The van der Waals surface area contributed by atoms with Crippen molar-refractivity contribution in [1.82, 2.24) is 19.7 Å². The quantitative estimate of drug-likeness (QED) is 0.745. The molecule has 0 aliphatic carbocycles. The molecular weight excluding hydrogens is 288 g/mol. The summed E-state index contributed by atoms with van der Waals surface area (Å²) in [6, 6.07) is 9.80. The molecule has 3 rings (SSSR count). The molecule has 0 bridgehead atoms. The van der Waals surface area contributed by atoms with Crippen LogP contribution in [0.25, 0.3) is 16.6 Å². The second kappa shape index (κ2) is 5.53. The highest BCUT2D eigenvalue weighted by Gasteiger charge is 2.13. The Hall–Kier alpha value is -2.41. The Labute approximate surface area is 124 Å². The molecule has 7 heteroatoms. The van der Waals surface area contributed by atoms with Crippen LogP contribution in [0.1, 0.15) is 5.82 Å². The van der Waals surface area contributed by atoms with Gasteiger partial charge in [0.2, 0.25) is 0 Å². The molecule has 6 nitrogen and oxygen atoms in total. The minimum absolute atomic E-state index is 0.0564. The van der Waals surface area contributed by atoms with Crippen LogP contribution >= 0.6 is 11.8 Å². The number of rotatable bonds is 4. The van der Waals surface area contributed by atoms with Crippen molar-refractivity contribution < 1.29 is 9.90 Å². The van der Waals surface area contributed by atoms with E-state index in [0.717, 1.165) is 28.4 Å². The second-order valence-electron chi connectivity index (χ2n) is 4.43. The van der Waals surface area contributed by atoms with Gasteiger partial charge >= 0.3 is 5.97 Å². The zero-order valence-electron chi connectivity index (χ0n) is 11.2. The van der Waals surface area contributed by atoms with Crippen molar-refractivity contribution >= 4 is 28.6 Å².